The minimum Gasteiger partial charge on any atom is -0.477 e. The van der Waals surface area contributed by atoms with Crippen molar-refractivity contribution in [3.63, 3.8) is 0 Å². The summed E-state index contributed by atoms with van der Waals surface area (Å²) in [6.07, 6.45) is -10.4. The van der Waals surface area contributed by atoms with Gasteiger partial charge in [-0.15, -0.1) is 0 Å². The zero-order chi connectivity index (χ0) is 101. The number of anilines is 9. The number of hydrogen-bond donors (Lipinski definition) is 12. The molecule has 0 saturated carbocycles. The van der Waals surface area contributed by atoms with Crippen molar-refractivity contribution in [2.45, 2.75) is 111 Å². The molecular formula is C94H131F13N22O7. The first kappa shape index (κ1) is 107. The van der Waals surface area contributed by atoms with Crippen molar-refractivity contribution in [2.75, 3.05) is 115 Å². The number of pyridine rings is 10. The van der Waals surface area contributed by atoms with Crippen molar-refractivity contribution in [3.05, 3.63) is 279 Å². The van der Waals surface area contributed by atoms with Gasteiger partial charge in [0.25, 0.3) is 0 Å². The summed E-state index contributed by atoms with van der Waals surface area (Å²) in [6.45, 7) is 25.4. The summed E-state index contributed by atoms with van der Waals surface area (Å²) in [4.78, 5) is 105. The lowest BCUT2D eigenvalue weighted by molar-refractivity contribution is -0.139. The number of aromatic nitrogens is 10. The van der Waals surface area contributed by atoms with Crippen LogP contribution in [0.15, 0.2) is 189 Å². The molecule has 1 unspecified atom stereocenters. The van der Waals surface area contributed by atoms with E-state index in [1.165, 1.54) is 91.6 Å². The first-order chi connectivity index (χ1) is 63.9. The standard InChI is InChI=1S/C23H24F3N5O.C21H26FN5O.C19H22F3N3O2.C17H20F3N5O.C14H13F3N4O2.13H2/c1-2-22(13-27,15-7-4-3-5-8-15)14-30-18-11-10-17(23(24,25)26)19(31-18)20(32)16-9-6-12-29-21(16)28;1-13(2)11-15-12-27(10-9-24-15)18-7-6-16(14(3)22)19(26-18)20(28)17-5-4-8-25-21(17)23;1-11(18(2,3)4)10-27-14-8-7-13(19(20,21)22)15(25-14)16(26)12-6-5-9-24-17(12)23;1-16(2,8-21)9-24-12-6-5-11(17(18,19)20)13(25-12)14(26)10-4-3-7-23-15(10)22;15-14(16,17)9-3-4-10(19-6-7-22)21-11(9)12(23)8-2-1-5-20-13(8)18;;;;;;;;;;;;;/h3-12H,2,13-14,27H2,1H3,(H2,28,29)(H,30,31);4-8,13,15,24H,3,9-12H2,1-2H3,(H2,23,25);5-9,11H,10H2,1-4H3,(H2,23,24);3-7H,8-9,21H2,1-2H3,(H2,22,23)(H,24,25);1-5,22H,6-7H2,(H2,18,20)(H,19,21);13*1H/t;15-;11-;;;;;;;;;;;;;;;/m.01.............../s1. The molecule has 0 radical (unpaired) electrons. The van der Waals surface area contributed by atoms with Gasteiger partial charge in [-0.1, -0.05) is 99.2 Å². The number of ether oxygens (including phenoxy) is 1. The van der Waals surface area contributed by atoms with Crippen LogP contribution in [0.3, 0.4) is 0 Å². The Bertz CT molecular complexity index is 6040. The zero-order valence-electron chi connectivity index (χ0n) is 75.5. The Kier molecular flexibility index (Phi) is 36.7. The van der Waals surface area contributed by atoms with E-state index < -0.39 is 110 Å². The van der Waals surface area contributed by atoms with Crippen LogP contribution < -0.4 is 71.0 Å². The second kappa shape index (κ2) is 46.6. The Hall–Kier alpha value is -14.3. The third kappa shape index (κ3) is 28.9. The number of hydrogen-bond acceptors (Lipinski definition) is 29. The SMILES string of the molecule is C=C(F)c1ccc(N2CCN[C@@H](CC(C)C)C2)nc1C(=O)c1cccnc1N.CC(C)(CN)CNc1ccc(C(F)(F)F)c(C(=O)c2cccnc2N)n1.CCC(CN)(CNc1ccc(C(F)(F)F)c(C(=O)c2cccnc2N)n1)c1ccccc1.C[C@H](COc1ccc(C(F)(F)F)c(C(=O)c2cccnc2N)n1)C(C)(C)C.Nc1ncccc1C(=O)c1nc(NCCO)ccc1C(F)(F)F.[HH].[HH].[HH].[HH].[HH].[HH].[HH].[HH].[HH].[HH].[HH].[HH].[HH]. The van der Waals surface area contributed by atoms with Gasteiger partial charge in [-0.2, -0.15) is 52.7 Å². The van der Waals surface area contributed by atoms with E-state index in [1.807, 2.05) is 78.8 Å². The molecule has 0 bridgehead atoms. The highest BCUT2D eigenvalue weighted by Gasteiger charge is 2.42. The van der Waals surface area contributed by atoms with Crippen molar-refractivity contribution < 1.29 is 109 Å². The number of ketones is 5. The van der Waals surface area contributed by atoms with E-state index in [9.17, 15) is 81.0 Å². The van der Waals surface area contributed by atoms with Crippen LogP contribution >= 0.6 is 0 Å². The fourth-order valence-corrected chi connectivity index (χ4v) is 13.1. The van der Waals surface area contributed by atoms with Crippen LogP contribution in [-0.4, -0.2) is 155 Å². The van der Waals surface area contributed by atoms with Gasteiger partial charge in [0.1, 0.15) is 86.7 Å². The van der Waals surface area contributed by atoms with Gasteiger partial charge in [0.15, 0.2) is 0 Å². The normalized spacial score (nSPS) is 13.5. The van der Waals surface area contributed by atoms with Crippen LogP contribution in [0.1, 0.15) is 207 Å². The van der Waals surface area contributed by atoms with Gasteiger partial charge in [0.2, 0.25) is 34.8 Å². The van der Waals surface area contributed by atoms with Gasteiger partial charge >= 0.3 is 24.7 Å². The van der Waals surface area contributed by atoms with Gasteiger partial charge in [-0.3, -0.25) is 24.0 Å². The van der Waals surface area contributed by atoms with E-state index in [-0.39, 0.29) is 147 Å². The Balaban J connectivity index is -0.000000421. The summed E-state index contributed by atoms with van der Waals surface area (Å²) in [5, 5.41) is 20.9. The summed E-state index contributed by atoms with van der Waals surface area (Å²) >= 11 is 0. The fourth-order valence-electron chi connectivity index (χ4n) is 13.1. The first-order valence-electron chi connectivity index (χ1n) is 42.2. The maximum absolute atomic E-state index is 14.0. The molecule has 1 aliphatic heterocycles. The second-order valence-corrected chi connectivity index (χ2v) is 33.3. The maximum atomic E-state index is 14.0. The molecule has 11 heterocycles. The monoisotopic (exact) mass is 1930 g/mol. The maximum Gasteiger partial charge on any atom is 0.418 e. The quantitative estimate of drug-likeness (QED) is 0.0147. The number of benzene rings is 1. The molecule has 11 aromatic rings. The lowest BCUT2D eigenvalue weighted by Gasteiger charge is -2.35. The van der Waals surface area contributed by atoms with Crippen molar-refractivity contribution in [2.24, 2.45) is 34.1 Å². The number of aliphatic hydroxyl groups is 1. The van der Waals surface area contributed by atoms with E-state index >= 15 is 0 Å². The van der Waals surface area contributed by atoms with E-state index in [1.54, 1.807) is 24.3 Å². The predicted octanol–water partition coefficient (Wildman–Crippen LogP) is 19.1. The molecule has 136 heavy (non-hydrogen) atoms. The number of piperazine rings is 1. The van der Waals surface area contributed by atoms with E-state index in [2.05, 4.69) is 96.4 Å². The fraction of sp³-hybridized carbons (Fsp3) is 0.330. The summed E-state index contributed by atoms with van der Waals surface area (Å²) in [5.41, 5.74) is 32.4. The Morgan fingerprint density at radius 1 is 0.485 bits per heavy atom. The third-order valence-electron chi connectivity index (χ3n) is 21.5. The number of nitrogen functional groups attached to an aromatic ring is 5. The molecule has 1 aromatic carbocycles. The van der Waals surface area contributed by atoms with Crippen molar-refractivity contribution >= 4 is 87.1 Å². The topological polar surface area (TPSA) is 477 Å². The van der Waals surface area contributed by atoms with E-state index in [4.69, 9.17) is 50.0 Å². The Morgan fingerprint density at radius 3 is 1.21 bits per heavy atom. The van der Waals surface area contributed by atoms with E-state index in [0.29, 0.717) is 50.4 Å². The molecule has 42 heteroatoms. The minimum absolute atomic E-state index is 0. The molecule has 1 saturated heterocycles. The van der Waals surface area contributed by atoms with Gasteiger partial charge in [0.05, 0.1) is 63.3 Å². The second-order valence-electron chi connectivity index (χ2n) is 33.3. The number of nitrogens with zero attached hydrogens (tertiary/aromatic N) is 11. The molecular weight excluding hydrogens is 1800 g/mol. The summed E-state index contributed by atoms with van der Waals surface area (Å²) in [6, 6.07) is 35.1. The lowest BCUT2D eigenvalue weighted by atomic mass is 9.78. The summed E-state index contributed by atoms with van der Waals surface area (Å²) in [7, 11) is 0. The molecule has 0 aliphatic carbocycles. The average molecular weight is 1930 g/mol. The van der Waals surface area contributed by atoms with Crippen LogP contribution in [0.2, 0.25) is 0 Å². The molecule has 29 nitrogen and oxygen atoms in total. The molecule has 0 amide bonds. The number of rotatable bonds is 30. The number of nitrogens with one attached hydrogen (secondary N) is 4. The lowest BCUT2D eigenvalue weighted by Crippen LogP contribution is -2.51. The van der Waals surface area contributed by atoms with Crippen molar-refractivity contribution in [3.8, 4) is 5.88 Å². The van der Waals surface area contributed by atoms with Crippen LogP contribution in [-0.2, 0) is 30.1 Å². The molecule has 12 rings (SSSR count). The number of nitrogens with two attached hydrogens (primary N) is 7. The zero-order valence-corrected chi connectivity index (χ0v) is 75.5. The van der Waals surface area contributed by atoms with Gasteiger partial charge in [0, 0.05) is 118 Å². The minimum atomic E-state index is -4.76. The Morgan fingerprint density at radius 2 is 0.860 bits per heavy atom. The molecule has 0 spiro atoms. The molecule has 19 N–H and O–H groups in total. The smallest absolute Gasteiger partial charge is 0.418 e. The molecule has 1 fully saturated rings. The molecule has 750 valence electrons. The highest BCUT2D eigenvalue weighted by molar-refractivity contribution is 6.15. The highest BCUT2D eigenvalue weighted by atomic mass is 19.4. The number of carbonyl (C=O) groups is 5. The first-order valence-corrected chi connectivity index (χ1v) is 42.2. The van der Waals surface area contributed by atoms with Crippen molar-refractivity contribution in [1.82, 2.24) is 55.2 Å². The van der Waals surface area contributed by atoms with Gasteiger partial charge < -0.3 is 76.1 Å². The van der Waals surface area contributed by atoms with Crippen molar-refractivity contribution in [1.29, 1.82) is 0 Å². The van der Waals surface area contributed by atoms with E-state index in [0.717, 1.165) is 68.0 Å². The van der Waals surface area contributed by atoms with Crippen LogP contribution in [0.4, 0.5) is 109 Å². The van der Waals surface area contributed by atoms with Crippen LogP contribution in [0.5, 0.6) is 5.88 Å². The third-order valence-corrected chi connectivity index (χ3v) is 21.5. The van der Waals surface area contributed by atoms with Crippen LogP contribution in [0.25, 0.3) is 5.83 Å². The van der Waals surface area contributed by atoms with Gasteiger partial charge in [-0.25, -0.2) is 54.2 Å². The summed E-state index contributed by atoms with van der Waals surface area (Å²) in [5.74, 6) is -3.96. The Labute approximate surface area is 794 Å². The number of alkyl halides is 12. The molecule has 1 aliphatic rings. The van der Waals surface area contributed by atoms with Gasteiger partial charge in [-0.05, 0) is 163 Å². The predicted molar refractivity (Wildman–Crippen MR) is 520 cm³/mol. The molecule has 3 atom stereocenters. The largest absolute Gasteiger partial charge is 0.477 e. The number of aliphatic hydroxyl groups excluding tert-OH is 1. The molecule has 10 aromatic heterocycles. The average Bonchev–Trinajstić information content (AvgIpc) is 0.690. The number of carbonyl (C=O) groups excluding carboxylic acids is 5. The highest BCUT2D eigenvalue weighted by Crippen LogP contribution is 2.40. The van der Waals surface area contributed by atoms with Crippen LogP contribution in [0, 0.1) is 22.7 Å². The number of halogens is 13. The summed E-state index contributed by atoms with van der Waals surface area (Å²) < 4.78 is 180.